The zero-order valence-electron chi connectivity index (χ0n) is 9.06. The van der Waals surface area contributed by atoms with Crippen LogP contribution in [0, 0.1) is 5.92 Å². The van der Waals surface area contributed by atoms with Crippen molar-refractivity contribution in [1.29, 1.82) is 0 Å². The molecule has 1 aromatic heterocycles. The lowest BCUT2D eigenvalue weighted by molar-refractivity contribution is -0.120. The number of allylic oxidation sites excluding steroid dienone is 2. The number of carbonyl (C=O) groups excluding carboxylic acids is 1. The third-order valence-corrected chi connectivity index (χ3v) is 2.53. The summed E-state index contributed by atoms with van der Waals surface area (Å²) >= 11 is 0. The minimum Gasteiger partial charge on any atom is -0.466 e. The van der Waals surface area contributed by atoms with Crippen LogP contribution >= 0.6 is 0 Å². The number of nitrogens with one attached hydrogen (secondary N) is 2. The van der Waals surface area contributed by atoms with Crippen LogP contribution in [0.3, 0.4) is 0 Å². The van der Waals surface area contributed by atoms with Gasteiger partial charge in [-0.2, -0.15) is 4.98 Å². The number of anilines is 1. The van der Waals surface area contributed by atoms with Crippen molar-refractivity contribution >= 4 is 11.9 Å². The average Bonchev–Trinajstić information content (AvgIpc) is 2.78. The molecule has 1 unspecified atom stereocenters. The van der Waals surface area contributed by atoms with Gasteiger partial charge in [0.05, 0.1) is 7.11 Å². The molecule has 1 aliphatic carbocycles. The van der Waals surface area contributed by atoms with Gasteiger partial charge in [-0.1, -0.05) is 12.2 Å². The molecule has 0 aromatic carbocycles. The first-order valence-corrected chi connectivity index (χ1v) is 5.22. The molecule has 2 N–H and O–H groups in total. The van der Waals surface area contributed by atoms with Gasteiger partial charge >= 0.3 is 6.01 Å². The second-order valence-electron chi connectivity index (χ2n) is 3.64. The maximum Gasteiger partial charge on any atom is 0.336 e. The number of amides is 1. The van der Waals surface area contributed by atoms with E-state index < -0.39 is 0 Å². The molecule has 0 fully saturated rings. The number of ether oxygens (including phenoxy) is 1. The summed E-state index contributed by atoms with van der Waals surface area (Å²) in [6, 6.07) is 0.221. The van der Waals surface area contributed by atoms with Crippen LogP contribution in [-0.2, 0) is 4.79 Å². The Hall–Kier alpha value is -1.85. The van der Waals surface area contributed by atoms with Crippen molar-refractivity contribution in [1.82, 2.24) is 15.2 Å². The van der Waals surface area contributed by atoms with Crippen LogP contribution in [0.2, 0.25) is 0 Å². The van der Waals surface area contributed by atoms with E-state index in [2.05, 4.69) is 26.6 Å². The number of methoxy groups -OCH3 is 1. The number of hydrogen-bond acceptors (Lipinski definition) is 4. The zero-order valence-corrected chi connectivity index (χ0v) is 9.06. The Morgan fingerprint density at radius 1 is 1.62 bits per heavy atom. The Balaban J connectivity index is 1.93. The van der Waals surface area contributed by atoms with Gasteiger partial charge in [-0.05, 0) is 19.3 Å². The van der Waals surface area contributed by atoms with Crippen molar-refractivity contribution in [2.24, 2.45) is 5.92 Å². The lowest BCUT2D eigenvalue weighted by atomic mass is 9.94. The lowest BCUT2D eigenvalue weighted by Crippen LogP contribution is -2.24. The fraction of sp³-hybridized carbons (Fsp3) is 0.500. The average molecular weight is 222 g/mol. The molecule has 0 saturated carbocycles. The normalized spacial score (nSPS) is 19.4. The first-order valence-electron chi connectivity index (χ1n) is 5.22. The fourth-order valence-corrected chi connectivity index (χ4v) is 1.64. The molecule has 1 aromatic rings. The van der Waals surface area contributed by atoms with E-state index in [4.69, 9.17) is 4.74 Å². The van der Waals surface area contributed by atoms with Crippen molar-refractivity contribution in [3.8, 4) is 6.01 Å². The summed E-state index contributed by atoms with van der Waals surface area (Å²) in [5.41, 5.74) is 0. The van der Waals surface area contributed by atoms with E-state index in [1.54, 1.807) is 0 Å². The number of carbonyl (C=O) groups is 1. The zero-order chi connectivity index (χ0) is 11.4. The molecule has 1 atom stereocenters. The fourth-order valence-electron chi connectivity index (χ4n) is 1.64. The molecule has 6 heteroatoms. The predicted octanol–water partition coefficient (Wildman–Crippen LogP) is 1.11. The monoisotopic (exact) mass is 222 g/mol. The molecular formula is C10H14N4O2. The molecule has 16 heavy (non-hydrogen) atoms. The van der Waals surface area contributed by atoms with Crippen LogP contribution in [0.4, 0.5) is 5.95 Å². The highest BCUT2D eigenvalue weighted by atomic mass is 16.5. The van der Waals surface area contributed by atoms with E-state index in [1.165, 1.54) is 7.11 Å². The molecule has 2 rings (SSSR count). The first-order chi connectivity index (χ1) is 7.79. The Kier molecular flexibility index (Phi) is 3.19. The molecule has 86 valence electrons. The van der Waals surface area contributed by atoms with Crippen LogP contribution < -0.4 is 10.1 Å². The Labute approximate surface area is 93.1 Å². The maximum absolute atomic E-state index is 11.8. The van der Waals surface area contributed by atoms with Crippen LogP contribution in [0.1, 0.15) is 19.3 Å². The van der Waals surface area contributed by atoms with E-state index in [9.17, 15) is 4.79 Å². The summed E-state index contributed by atoms with van der Waals surface area (Å²) in [5.74, 6) is 0.334. The van der Waals surface area contributed by atoms with Gasteiger partial charge in [0.25, 0.3) is 0 Å². The van der Waals surface area contributed by atoms with Crippen LogP contribution in [0.5, 0.6) is 6.01 Å². The second kappa shape index (κ2) is 4.78. The predicted molar refractivity (Wildman–Crippen MR) is 58.0 cm³/mol. The summed E-state index contributed by atoms with van der Waals surface area (Å²) in [6.07, 6.45) is 6.76. The summed E-state index contributed by atoms with van der Waals surface area (Å²) in [4.78, 5) is 15.7. The Morgan fingerprint density at radius 2 is 2.50 bits per heavy atom. The highest BCUT2D eigenvalue weighted by molar-refractivity contribution is 5.91. The Morgan fingerprint density at radius 3 is 3.12 bits per heavy atom. The molecule has 0 spiro atoms. The molecule has 1 amide bonds. The van der Waals surface area contributed by atoms with Crippen molar-refractivity contribution in [2.45, 2.75) is 19.3 Å². The number of H-pyrrole nitrogens is 1. The third kappa shape index (κ3) is 2.39. The smallest absolute Gasteiger partial charge is 0.336 e. The van der Waals surface area contributed by atoms with Gasteiger partial charge in [0.15, 0.2) is 0 Å². The number of aromatic nitrogens is 3. The van der Waals surface area contributed by atoms with Gasteiger partial charge in [-0.15, -0.1) is 5.10 Å². The third-order valence-electron chi connectivity index (χ3n) is 2.53. The molecular weight excluding hydrogens is 208 g/mol. The van der Waals surface area contributed by atoms with Crippen molar-refractivity contribution < 1.29 is 9.53 Å². The minimum atomic E-state index is -0.0249. The number of hydrogen-bond donors (Lipinski definition) is 2. The maximum atomic E-state index is 11.8. The van der Waals surface area contributed by atoms with Crippen molar-refractivity contribution in [2.75, 3.05) is 12.4 Å². The quantitative estimate of drug-likeness (QED) is 0.751. The first kappa shape index (κ1) is 10.7. The van der Waals surface area contributed by atoms with E-state index in [-0.39, 0.29) is 17.8 Å². The topological polar surface area (TPSA) is 79.9 Å². The van der Waals surface area contributed by atoms with E-state index in [0.717, 1.165) is 19.3 Å². The molecule has 0 saturated heterocycles. The van der Waals surface area contributed by atoms with Gasteiger partial charge in [-0.3, -0.25) is 10.1 Å². The highest BCUT2D eigenvalue weighted by Crippen LogP contribution is 2.19. The molecule has 6 nitrogen and oxygen atoms in total. The van der Waals surface area contributed by atoms with E-state index in [0.29, 0.717) is 5.95 Å². The molecule has 0 radical (unpaired) electrons. The lowest BCUT2D eigenvalue weighted by Gasteiger charge is -2.15. The summed E-state index contributed by atoms with van der Waals surface area (Å²) in [6.45, 7) is 0. The summed E-state index contributed by atoms with van der Waals surface area (Å²) in [7, 11) is 1.47. The number of rotatable bonds is 3. The van der Waals surface area contributed by atoms with Gasteiger partial charge < -0.3 is 4.74 Å². The largest absolute Gasteiger partial charge is 0.466 e. The van der Waals surface area contributed by atoms with E-state index >= 15 is 0 Å². The minimum absolute atomic E-state index is 0.0249. The number of aromatic amines is 1. The standard InChI is InChI=1S/C10H14N4O2/c1-16-10-12-9(13-14-10)11-8(15)7-5-3-2-4-6-7/h2-3,7H,4-6H2,1H3,(H2,11,12,13,14,15). The van der Waals surface area contributed by atoms with Gasteiger partial charge in [0.1, 0.15) is 0 Å². The van der Waals surface area contributed by atoms with Gasteiger partial charge in [0, 0.05) is 5.92 Å². The van der Waals surface area contributed by atoms with Crippen LogP contribution in [0.25, 0.3) is 0 Å². The summed E-state index contributed by atoms with van der Waals surface area (Å²) in [5, 5.41) is 9.02. The highest BCUT2D eigenvalue weighted by Gasteiger charge is 2.19. The summed E-state index contributed by atoms with van der Waals surface area (Å²) < 4.78 is 4.81. The second-order valence-corrected chi connectivity index (χ2v) is 3.64. The number of nitrogens with zero attached hydrogens (tertiary/aromatic N) is 2. The van der Waals surface area contributed by atoms with Crippen molar-refractivity contribution in [3.05, 3.63) is 12.2 Å². The molecule has 1 aliphatic rings. The SMILES string of the molecule is COc1n[nH]c(NC(=O)C2CC=CCC2)n1. The van der Waals surface area contributed by atoms with Gasteiger partial charge in [0.2, 0.25) is 11.9 Å². The Bertz CT molecular complexity index is 399. The van der Waals surface area contributed by atoms with Gasteiger partial charge in [-0.25, -0.2) is 5.10 Å². The van der Waals surface area contributed by atoms with Crippen LogP contribution in [-0.4, -0.2) is 28.2 Å². The molecule has 0 aliphatic heterocycles. The van der Waals surface area contributed by atoms with E-state index in [1.807, 2.05) is 6.08 Å². The molecule has 0 bridgehead atoms. The van der Waals surface area contributed by atoms with Crippen molar-refractivity contribution in [3.63, 3.8) is 0 Å². The molecule has 1 heterocycles. The van der Waals surface area contributed by atoms with Crippen LogP contribution in [0.15, 0.2) is 12.2 Å².